The Labute approximate surface area is 200 Å². The second kappa shape index (κ2) is 11.1. The van der Waals surface area contributed by atoms with Crippen molar-refractivity contribution in [1.29, 1.82) is 0 Å². The molecule has 0 saturated carbocycles. The van der Waals surface area contributed by atoms with Crippen molar-refractivity contribution >= 4 is 43.4 Å². The van der Waals surface area contributed by atoms with Crippen LogP contribution < -0.4 is 11.2 Å². The maximum atomic E-state index is 12.4. The number of methoxy groups -OCH3 is 1. The fourth-order valence-electron chi connectivity index (χ4n) is 3.82. The Morgan fingerprint density at radius 1 is 1.11 bits per heavy atom. The van der Waals surface area contributed by atoms with E-state index in [1.165, 1.54) is 0 Å². The summed E-state index contributed by atoms with van der Waals surface area (Å²) in [6, 6.07) is 0.904. The van der Waals surface area contributed by atoms with Crippen LogP contribution >= 0.6 is 19.5 Å². The third kappa shape index (κ3) is 6.12. The maximum Gasteiger partial charge on any atom is 0.582 e. The fourth-order valence-corrected chi connectivity index (χ4v) is 4.63. The van der Waals surface area contributed by atoms with Crippen molar-refractivity contribution in [2.75, 3.05) is 7.11 Å². The Hall–Kier alpha value is -3.11. The van der Waals surface area contributed by atoms with Gasteiger partial charge in [0.05, 0.1) is 0 Å². The summed E-state index contributed by atoms with van der Waals surface area (Å²) in [4.78, 5) is 72.3. The number of aliphatic carboxylic acids is 4. The SMILES string of the molecule is COC1C(n2ccc(=O)[nH]c2=O)OC(CC(C(=O)O)C(=O)O)(CC(C(=O)O)C(=O)O)C1O[P+](=O)S. The molecule has 4 atom stereocenters. The first-order chi connectivity index (χ1) is 16.2. The minimum Gasteiger partial charge on any atom is -0.481 e. The number of aromatic nitrogens is 2. The smallest absolute Gasteiger partial charge is 0.481 e. The Bertz CT molecular complexity index is 1090. The molecule has 192 valence electrons. The molecule has 2 rings (SSSR count). The first-order valence-electron chi connectivity index (χ1n) is 9.50. The third-order valence-electron chi connectivity index (χ3n) is 5.35. The van der Waals surface area contributed by atoms with Gasteiger partial charge in [-0.2, -0.15) is 0 Å². The van der Waals surface area contributed by atoms with Gasteiger partial charge in [0.15, 0.2) is 24.2 Å². The van der Waals surface area contributed by atoms with E-state index in [9.17, 15) is 53.8 Å². The predicted molar refractivity (Wildman–Crippen MR) is 113 cm³/mol. The number of carboxylic acid groups (broad SMARTS) is 4. The minimum absolute atomic E-state index is 0.742. The summed E-state index contributed by atoms with van der Waals surface area (Å²) in [5, 5.41) is 37.6. The lowest BCUT2D eigenvalue weighted by Gasteiger charge is -2.34. The minimum atomic E-state index is -2.86. The molecule has 16 nitrogen and oxygen atoms in total. The van der Waals surface area contributed by atoms with Crippen molar-refractivity contribution in [3.8, 4) is 0 Å². The number of carboxylic acids is 4. The van der Waals surface area contributed by atoms with Crippen LogP contribution in [0, 0.1) is 11.8 Å². The van der Waals surface area contributed by atoms with E-state index >= 15 is 0 Å². The van der Waals surface area contributed by atoms with E-state index in [0.717, 1.165) is 23.9 Å². The van der Waals surface area contributed by atoms with Crippen LogP contribution in [0.5, 0.6) is 0 Å². The van der Waals surface area contributed by atoms with Crippen LogP contribution in [0.2, 0.25) is 0 Å². The van der Waals surface area contributed by atoms with Crippen molar-refractivity contribution in [3.63, 3.8) is 0 Å². The molecule has 0 aliphatic carbocycles. The van der Waals surface area contributed by atoms with E-state index in [1.807, 2.05) is 4.98 Å². The van der Waals surface area contributed by atoms with Crippen molar-refractivity contribution in [2.45, 2.75) is 36.9 Å². The van der Waals surface area contributed by atoms with Crippen molar-refractivity contribution in [3.05, 3.63) is 33.1 Å². The molecule has 2 heterocycles. The van der Waals surface area contributed by atoms with E-state index in [4.69, 9.17) is 14.0 Å². The normalized spacial score (nSPS) is 21.7. The molecule has 0 aromatic carbocycles. The number of ether oxygens (including phenoxy) is 2. The molecule has 0 spiro atoms. The summed E-state index contributed by atoms with van der Waals surface area (Å²) in [7, 11) is -1.80. The molecule has 35 heavy (non-hydrogen) atoms. The lowest BCUT2D eigenvalue weighted by molar-refractivity contribution is -0.170. The van der Waals surface area contributed by atoms with Gasteiger partial charge in [0, 0.05) is 32.2 Å². The van der Waals surface area contributed by atoms with E-state index in [-0.39, 0.29) is 0 Å². The molecule has 0 radical (unpaired) electrons. The molecular weight excluding hydrogens is 519 g/mol. The largest absolute Gasteiger partial charge is 0.582 e. The predicted octanol–water partition coefficient (Wildman–Crippen LogP) is -0.857. The fraction of sp³-hybridized carbons (Fsp3) is 0.529. The van der Waals surface area contributed by atoms with Gasteiger partial charge in [-0.25, -0.2) is 4.79 Å². The quantitative estimate of drug-likeness (QED) is 0.107. The molecular formula is C17H20N2O14PS+. The van der Waals surface area contributed by atoms with Gasteiger partial charge in [-0.15, -0.1) is 4.52 Å². The summed E-state index contributed by atoms with van der Waals surface area (Å²) in [5.74, 6) is -12.1. The third-order valence-corrected chi connectivity index (χ3v) is 6.04. The van der Waals surface area contributed by atoms with Crippen LogP contribution in [0.4, 0.5) is 0 Å². The highest BCUT2D eigenvalue weighted by atomic mass is 32.7. The van der Waals surface area contributed by atoms with Gasteiger partial charge in [0.1, 0.15) is 24.0 Å². The Morgan fingerprint density at radius 3 is 1.97 bits per heavy atom. The summed E-state index contributed by atoms with van der Waals surface area (Å²) in [6.45, 7) is 0. The van der Waals surface area contributed by atoms with Gasteiger partial charge < -0.3 is 29.9 Å². The second-order valence-corrected chi connectivity index (χ2v) is 9.09. The molecule has 0 bridgehead atoms. The number of H-pyrrole nitrogens is 1. The molecule has 0 amide bonds. The van der Waals surface area contributed by atoms with Crippen molar-refractivity contribution in [1.82, 2.24) is 9.55 Å². The lowest BCUT2D eigenvalue weighted by atomic mass is 9.78. The maximum absolute atomic E-state index is 12.4. The van der Waals surface area contributed by atoms with Gasteiger partial charge in [-0.05, 0) is 4.57 Å². The number of nitrogens with zero attached hydrogens (tertiary/aromatic N) is 1. The van der Waals surface area contributed by atoms with Gasteiger partial charge in [0.25, 0.3) is 5.56 Å². The molecule has 1 aliphatic heterocycles. The Balaban J connectivity index is 2.79. The number of rotatable bonds is 12. The van der Waals surface area contributed by atoms with E-state index in [2.05, 4.69) is 12.2 Å². The highest BCUT2D eigenvalue weighted by molar-refractivity contribution is 8.39. The summed E-state index contributed by atoms with van der Waals surface area (Å²) in [6.07, 6.45) is -6.13. The van der Waals surface area contributed by atoms with Gasteiger partial charge in [-0.1, -0.05) is 0 Å². The number of hydrogen-bond acceptors (Lipinski definition) is 10. The lowest BCUT2D eigenvalue weighted by Crippen LogP contribution is -2.50. The molecule has 18 heteroatoms. The van der Waals surface area contributed by atoms with E-state index in [0.29, 0.717) is 0 Å². The van der Waals surface area contributed by atoms with Crippen molar-refractivity contribution < 1.29 is 58.2 Å². The number of carbonyl (C=O) groups is 4. The average Bonchev–Trinajstić information content (AvgIpc) is 3.01. The Kier molecular flexibility index (Phi) is 8.91. The van der Waals surface area contributed by atoms with Crippen LogP contribution in [0.25, 0.3) is 0 Å². The molecule has 1 aromatic rings. The van der Waals surface area contributed by atoms with Crippen molar-refractivity contribution in [2.24, 2.45) is 11.8 Å². The van der Waals surface area contributed by atoms with Crippen LogP contribution in [0.1, 0.15) is 19.1 Å². The van der Waals surface area contributed by atoms with Gasteiger partial charge >= 0.3 is 36.8 Å². The van der Waals surface area contributed by atoms with Crippen LogP contribution in [-0.2, 0) is 37.7 Å². The molecule has 5 N–H and O–H groups in total. The molecule has 1 saturated heterocycles. The summed E-state index contributed by atoms with van der Waals surface area (Å²) in [5.41, 5.74) is -4.27. The van der Waals surface area contributed by atoms with Gasteiger partial charge in [-0.3, -0.25) is 33.5 Å². The average molecular weight is 539 g/mol. The zero-order valence-corrected chi connectivity index (χ0v) is 19.5. The van der Waals surface area contributed by atoms with E-state index in [1.54, 1.807) is 0 Å². The first-order valence-corrected chi connectivity index (χ1v) is 11.8. The zero-order valence-electron chi connectivity index (χ0n) is 17.7. The zero-order chi connectivity index (χ0) is 26.7. The number of hydrogen-bond donors (Lipinski definition) is 6. The molecule has 1 aromatic heterocycles. The standard InChI is InChI=1S/C17H19N2O14PS/c1-31-9-10(33-34(30)35)17(4-6(12(21)22)13(23)24,5-7(14(25)26)15(27)28)32-11(9)19-3-2-8(20)18-16(19)29/h2-3,6-7,9-11H,4-5H2,1H3,(H5-,18,20,21,22,23,24,25,26,27,28,29,30,35)/p+1. The summed E-state index contributed by atoms with van der Waals surface area (Å²) < 4.78 is 29.0. The summed E-state index contributed by atoms with van der Waals surface area (Å²) >= 11 is 3.62. The second-order valence-electron chi connectivity index (χ2n) is 7.42. The molecule has 4 unspecified atom stereocenters. The first kappa shape index (κ1) is 28.1. The molecule has 1 fully saturated rings. The topological polar surface area (TPSA) is 249 Å². The number of nitrogens with one attached hydrogen (secondary N) is 1. The monoisotopic (exact) mass is 539 g/mol. The highest BCUT2D eigenvalue weighted by Gasteiger charge is 2.63. The van der Waals surface area contributed by atoms with Crippen LogP contribution in [-0.4, -0.2) is 78.8 Å². The number of aromatic amines is 1. The van der Waals surface area contributed by atoms with E-state index < -0.39 is 91.1 Å². The van der Waals surface area contributed by atoms with Crippen LogP contribution in [0.3, 0.4) is 0 Å². The Morgan fingerprint density at radius 2 is 1.60 bits per heavy atom. The molecule has 1 aliphatic rings. The van der Waals surface area contributed by atoms with Gasteiger partial charge in [0.2, 0.25) is 0 Å². The highest BCUT2D eigenvalue weighted by Crippen LogP contribution is 2.50. The number of thiol groups is 1. The van der Waals surface area contributed by atoms with Crippen LogP contribution in [0.15, 0.2) is 21.9 Å².